The first-order chi connectivity index (χ1) is 12.2. The van der Waals surface area contributed by atoms with Gasteiger partial charge in [0, 0.05) is 6.04 Å². The average Bonchev–Trinajstić information content (AvgIpc) is 2.61. The van der Waals surface area contributed by atoms with Crippen LogP contribution in [0, 0.1) is 12.8 Å². The Bertz CT molecular complexity index is 848. The Labute approximate surface area is 156 Å². The second kappa shape index (κ2) is 8.36. The second-order valence-corrected chi connectivity index (χ2v) is 8.57. The van der Waals surface area contributed by atoms with Crippen molar-refractivity contribution in [2.24, 2.45) is 5.92 Å². The summed E-state index contributed by atoms with van der Waals surface area (Å²) in [5.74, 6) is -0.0643. The first kappa shape index (κ1) is 20.0. The number of sulfonamides is 1. The Hall–Kier alpha value is -2.34. The minimum atomic E-state index is -3.86. The summed E-state index contributed by atoms with van der Waals surface area (Å²) < 4.78 is 27.6. The van der Waals surface area contributed by atoms with Crippen molar-refractivity contribution in [3.05, 3.63) is 60.2 Å². The maximum atomic E-state index is 13.2. The van der Waals surface area contributed by atoms with Gasteiger partial charge in [0.25, 0.3) is 10.0 Å². The SMILES string of the molecule is Cc1ccccc1N(CC(=O)N[C@@H](C)C(C)C)S(=O)(=O)c1ccccc1. The summed E-state index contributed by atoms with van der Waals surface area (Å²) in [6, 6.07) is 15.3. The molecule has 5 nitrogen and oxygen atoms in total. The Kier molecular flexibility index (Phi) is 6.42. The number of aryl methyl sites for hydroxylation is 1. The number of para-hydroxylation sites is 1. The molecule has 2 rings (SSSR count). The minimum absolute atomic E-state index is 0.0411. The van der Waals surface area contributed by atoms with Gasteiger partial charge < -0.3 is 5.32 Å². The minimum Gasteiger partial charge on any atom is -0.352 e. The molecule has 0 saturated carbocycles. The van der Waals surface area contributed by atoms with Crippen molar-refractivity contribution < 1.29 is 13.2 Å². The molecule has 1 atom stereocenters. The molecule has 0 aromatic heterocycles. The smallest absolute Gasteiger partial charge is 0.264 e. The fourth-order valence-electron chi connectivity index (χ4n) is 2.46. The first-order valence-corrected chi connectivity index (χ1v) is 10.1. The molecule has 0 aliphatic carbocycles. The second-order valence-electron chi connectivity index (χ2n) is 6.71. The Morgan fingerprint density at radius 3 is 2.15 bits per heavy atom. The third-order valence-electron chi connectivity index (χ3n) is 4.39. The molecular weight excluding hydrogens is 348 g/mol. The van der Waals surface area contributed by atoms with Gasteiger partial charge in [0.05, 0.1) is 10.6 Å². The van der Waals surface area contributed by atoms with Crippen molar-refractivity contribution in [3.63, 3.8) is 0 Å². The number of benzene rings is 2. The quantitative estimate of drug-likeness (QED) is 0.808. The van der Waals surface area contributed by atoms with Gasteiger partial charge in [0.1, 0.15) is 6.54 Å². The number of amides is 1. The molecule has 140 valence electrons. The van der Waals surface area contributed by atoms with Gasteiger partial charge in [-0.15, -0.1) is 0 Å². The molecule has 2 aromatic rings. The van der Waals surface area contributed by atoms with E-state index in [4.69, 9.17) is 0 Å². The van der Waals surface area contributed by atoms with Crippen molar-refractivity contribution in [2.45, 2.75) is 38.6 Å². The number of carbonyl (C=O) groups excluding carboxylic acids is 1. The van der Waals surface area contributed by atoms with E-state index in [1.165, 1.54) is 16.4 Å². The molecule has 6 heteroatoms. The van der Waals surface area contributed by atoms with Gasteiger partial charge in [0.15, 0.2) is 0 Å². The fraction of sp³-hybridized carbons (Fsp3) is 0.350. The molecule has 0 spiro atoms. The number of nitrogens with one attached hydrogen (secondary N) is 1. The Balaban J connectivity index is 2.41. The van der Waals surface area contributed by atoms with Gasteiger partial charge in [0.2, 0.25) is 5.91 Å². The Morgan fingerprint density at radius 1 is 1.00 bits per heavy atom. The summed E-state index contributed by atoms with van der Waals surface area (Å²) in [6.45, 7) is 7.48. The van der Waals surface area contributed by atoms with Gasteiger partial charge in [-0.25, -0.2) is 8.42 Å². The molecule has 0 fully saturated rings. The zero-order chi connectivity index (χ0) is 19.3. The number of anilines is 1. The molecule has 0 aliphatic heterocycles. The molecule has 2 aromatic carbocycles. The predicted octanol–water partition coefficient (Wildman–Crippen LogP) is 3.35. The maximum Gasteiger partial charge on any atom is 0.264 e. The summed E-state index contributed by atoms with van der Waals surface area (Å²) in [7, 11) is -3.86. The van der Waals surface area contributed by atoms with Crippen molar-refractivity contribution >= 4 is 21.6 Å². The van der Waals surface area contributed by atoms with Crippen LogP contribution in [-0.4, -0.2) is 26.9 Å². The van der Waals surface area contributed by atoms with Crippen molar-refractivity contribution in [1.29, 1.82) is 0 Å². The number of nitrogens with zero attached hydrogens (tertiary/aromatic N) is 1. The van der Waals surface area contributed by atoms with E-state index in [2.05, 4.69) is 5.32 Å². The summed E-state index contributed by atoms with van der Waals surface area (Å²) in [6.07, 6.45) is 0. The summed E-state index contributed by atoms with van der Waals surface area (Å²) in [5.41, 5.74) is 1.29. The van der Waals surface area contributed by atoms with Crippen LogP contribution in [0.1, 0.15) is 26.3 Å². The van der Waals surface area contributed by atoms with Crippen LogP contribution in [0.2, 0.25) is 0 Å². The highest BCUT2D eigenvalue weighted by molar-refractivity contribution is 7.92. The number of hydrogen-bond acceptors (Lipinski definition) is 3. The van der Waals surface area contributed by atoms with E-state index in [9.17, 15) is 13.2 Å². The van der Waals surface area contributed by atoms with Gasteiger partial charge >= 0.3 is 0 Å². The monoisotopic (exact) mass is 374 g/mol. The molecule has 0 saturated heterocycles. The van der Waals surface area contributed by atoms with E-state index in [1.54, 1.807) is 30.3 Å². The molecule has 1 N–H and O–H groups in total. The molecule has 0 unspecified atom stereocenters. The highest BCUT2D eigenvalue weighted by Crippen LogP contribution is 2.26. The molecular formula is C20H26N2O3S. The summed E-state index contributed by atoms with van der Waals surface area (Å²) in [4.78, 5) is 12.7. The lowest BCUT2D eigenvalue weighted by Crippen LogP contribution is -2.45. The van der Waals surface area contributed by atoms with Gasteiger partial charge in [-0.1, -0.05) is 50.2 Å². The van der Waals surface area contributed by atoms with Crippen LogP contribution in [0.25, 0.3) is 0 Å². The highest BCUT2D eigenvalue weighted by Gasteiger charge is 2.28. The normalized spacial score (nSPS) is 12.7. The van der Waals surface area contributed by atoms with Crippen LogP contribution in [0.15, 0.2) is 59.5 Å². The zero-order valence-corrected chi connectivity index (χ0v) is 16.5. The number of rotatable bonds is 7. The molecule has 0 radical (unpaired) electrons. The largest absolute Gasteiger partial charge is 0.352 e. The molecule has 0 bridgehead atoms. The lowest BCUT2D eigenvalue weighted by molar-refractivity contribution is -0.120. The standard InChI is InChI=1S/C20H26N2O3S/c1-15(2)17(4)21-20(23)14-22(19-13-9-8-10-16(19)3)26(24,25)18-11-6-5-7-12-18/h5-13,15,17H,14H2,1-4H3,(H,21,23)/t17-/m0/s1. The van der Waals surface area contributed by atoms with Crippen LogP contribution in [0.4, 0.5) is 5.69 Å². The maximum absolute atomic E-state index is 13.2. The molecule has 1 amide bonds. The Morgan fingerprint density at radius 2 is 1.58 bits per heavy atom. The number of hydrogen-bond donors (Lipinski definition) is 1. The van der Waals surface area contributed by atoms with Gasteiger partial charge in [-0.2, -0.15) is 0 Å². The van der Waals surface area contributed by atoms with Gasteiger partial charge in [-0.05, 0) is 43.5 Å². The third kappa shape index (κ3) is 4.64. The molecule has 0 heterocycles. The summed E-state index contributed by atoms with van der Waals surface area (Å²) in [5, 5.41) is 2.88. The van der Waals surface area contributed by atoms with E-state index >= 15 is 0 Å². The van der Waals surface area contributed by atoms with Crippen molar-refractivity contribution in [1.82, 2.24) is 5.32 Å². The first-order valence-electron chi connectivity index (χ1n) is 8.66. The molecule has 0 aliphatic rings. The fourth-order valence-corrected chi connectivity index (χ4v) is 3.97. The van der Waals surface area contributed by atoms with Gasteiger partial charge in [-0.3, -0.25) is 9.10 Å². The number of carbonyl (C=O) groups is 1. The van der Waals surface area contributed by atoms with Crippen LogP contribution >= 0.6 is 0 Å². The lowest BCUT2D eigenvalue weighted by atomic mass is 10.1. The van der Waals surface area contributed by atoms with Crippen molar-refractivity contribution in [3.8, 4) is 0 Å². The van der Waals surface area contributed by atoms with Crippen LogP contribution < -0.4 is 9.62 Å². The third-order valence-corrected chi connectivity index (χ3v) is 6.17. The van der Waals surface area contributed by atoms with Crippen LogP contribution in [-0.2, 0) is 14.8 Å². The van der Waals surface area contributed by atoms with Crippen LogP contribution in [0.5, 0.6) is 0 Å². The van der Waals surface area contributed by atoms with E-state index in [0.29, 0.717) is 5.69 Å². The topological polar surface area (TPSA) is 66.5 Å². The van der Waals surface area contributed by atoms with E-state index < -0.39 is 10.0 Å². The zero-order valence-electron chi connectivity index (χ0n) is 15.6. The van der Waals surface area contributed by atoms with E-state index in [-0.39, 0.29) is 29.3 Å². The highest BCUT2D eigenvalue weighted by atomic mass is 32.2. The predicted molar refractivity (Wildman–Crippen MR) is 105 cm³/mol. The van der Waals surface area contributed by atoms with Crippen molar-refractivity contribution in [2.75, 3.05) is 10.8 Å². The summed E-state index contributed by atoms with van der Waals surface area (Å²) >= 11 is 0. The lowest BCUT2D eigenvalue weighted by Gasteiger charge is -2.27. The average molecular weight is 375 g/mol. The van der Waals surface area contributed by atoms with E-state index in [1.807, 2.05) is 39.8 Å². The van der Waals surface area contributed by atoms with E-state index in [0.717, 1.165) is 5.56 Å². The van der Waals surface area contributed by atoms with Crippen LogP contribution in [0.3, 0.4) is 0 Å². The molecule has 26 heavy (non-hydrogen) atoms.